The van der Waals surface area contributed by atoms with Gasteiger partial charge in [0.25, 0.3) is 0 Å². The third-order valence-electron chi connectivity index (χ3n) is 7.20. The van der Waals surface area contributed by atoms with E-state index in [9.17, 15) is 4.79 Å². The van der Waals surface area contributed by atoms with Crippen molar-refractivity contribution in [2.24, 2.45) is 16.2 Å². The highest BCUT2D eigenvalue weighted by atomic mass is 16.2. The fraction of sp³-hybridized carbons (Fsp3) is 0.952. The second kappa shape index (κ2) is 7.76. The van der Waals surface area contributed by atoms with E-state index in [0.717, 1.165) is 56.1 Å². The van der Waals surface area contributed by atoms with Gasteiger partial charge in [-0.25, -0.2) is 0 Å². The molecule has 1 aliphatic rings. The minimum absolute atomic E-state index is 0.154. The van der Waals surface area contributed by atoms with Gasteiger partial charge in [0.05, 0.1) is 33.1 Å². The summed E-state index contributed by atoms with van der Waals surface area (Å²) in [5.74, 6) is 0.327. The first-order valence-electron chi connectivity index (χ1n) is 10.1. The quantitative estimate of drug-likeness (QED) is 0.457. The maximum absolute atomic E-state index is 13.2. The Morgan fingerprint density at radius 3 is 2.08 bits per heavy atom. The van der Waals surface area contributed by atoms with E-state index in [0.29, 0.717) is 5.91 Å². The van der Waals surface area contributed by atoms with Gasteiger partial charge in [-0.2, -0.15) is 0 Å². The third-order valence-corrected chi connectivity index (χ3v) is 7.20. The van der Waals surface area contributed by atoms with Crippen LogP contribution in [0.2, 0.25) is 0 Å². The zero-order valence-electron chi connectivity index (χ0n) is 17.7. The van der Waals surface area contributed by atoms with Crippen LogP contribution in [0.15, 0.2) is 0 Å². The Morgan fingerprint density at radius 2 is 1.71 bits per heavy atom. The summed E-state index contributed by atoms with van der Waals surface area (Å²) in [5.41, 5.74) is 0.290. The molecule has 0 aliphatic heterocycles. The van der Waals surface area contributed by atoms with Gasteiger partial charge in [0, 0.05) is 13.0 Å². The average Bonchev–Trinajstić information content (AvgIpc) is 2.53. The van der Waals surface area contributed by atoms with Crippen LogP contribution in [0.4, 0.5) is 0 Å². The molecule has 2 atom stereocenters. The number of hydrogen-bond acceptors (Lipinski definition) is 1. The van der Waals surface area contributed by atoms with Crippen LogP contribution in [-0.4, -0.2) is 44.6 Å². The third kappa shape index (κ3) is 4.53. The van der Waals surface area contributed by atoms with Gasteiger partial charge in [0.15, 0.2) is 0 Å². The van der Waals surface area contributed by atoms with Gasteiger partial charge in [-0.05, 0) is 36.5 Å². The molecule has 0 heterocycles. The zero-order valence-corrected chi connectivity index (χ0v) is 17.7. The Hall–Kier alpha value is -0.570. The highest BCUT2D eigenvalue weighted by Crippen LogP contribution is 2.63. The van der Waals surface area contributed by atoms with Crippen LogP contribution in [0.1, 0.15) is 79.6 Å². The Kier molecular flexibility index (Phi) is 6.94. The predicted octanol–water partition coefficient (Wildman–Crippen LogP) is 4.61. The molecule has 1 saturated carbocycles. The average molecular weight is 340 g/mol. The molecule has 0 saturated heterocycles. The van der Waals surface area contributed by atoms with Crippen LogP contribution in [0, 0.1) is 16.2 Å². The van der Waals surface area contributed by atoms with Crippen molar-refractivity contribution in [3.8, 4) is 0 Å². The molecule has 24 heavy (non-hydrogen) atoms. The van der Waals surface area contributed by atoms with Crippen LogP contribution in [0.3, 0.4) is 0 Å². The van der Waals surface area contributed by atoms with Crippen LogP contribution in [0.5, 0.6) is 0 Å². The van der Waals surface area contributed by atoms with E-state index in [1.807, 2.05) is 0 Å². The van der Waals surface area contributed by atoms with E-state index in [4.69, 9.17) is 0 Å². The lowest BCUT2D eigenvalue weighted by atomic mass is 9.44. The van der Waals surface area contributed by atoms with Gasteiger partial charge in [-0.1, -0.05) is 47.5 Å². The largest absolute Gasteiger partial charge is 0.355 e. The lowest BCUT2D eigenvalue weighted by molar-refractivity contribution is -0.870. The first-order chi connectivity index (χ1) is 11.0. The summed E-state index contributed by atoms with van der Waals surface area (Å²) in [4.78, 5) is 13.2. The fourth-order valence-corrected chi connectivity index (χ4v) is 4.29. The predicted molar refractivity (Wildman–Crippen MR) is 104 cm³/mol. The van der Waals surface area contributed by atoms with Crippen molar-refractivity contribution in [2.45, 2.75) is 79.6 Å². The molecular weight excluding hydrogens is 296 g/mol. The molecule has 0 radical (unpaired) electrons. The van der Waals surface area contributed by atoms with E-state index in [1.54, 1.807) is 0 Å². The van der Waals surface area contributed by atoms with E-state index in [2.05, 4.69) is 61.1 Å². The summed E-state index contributed by atoms with van der Waals surface area (Å²) in [6.45, 7) is 13.4. The summed E-state index contributed by atoms with van der Waals surface area (Å²) in [6.07, 6.45) is 7.75. The molecule has 142 valence electrons. The number of quaternary nitrogens is 1. The Morgan fingerprint density at radius 1 is 1.12 bits per heavy atom. The number of carbonyl (C=O) groups excluding carboxylic acids is 1. The maximum atomic E-state index is 13.2. The van der Waals surface area contributed by atoms with E-state index in [1.165, 1.54) is 6.42 Å². The van der Waals surface area contributed by atoms with Gasteiger partial charge in [-0.15, -0.1) is 0 Å². The van der Waals surface area contributed by atoms with Crippen molar-refractivity contribution in [1.82, 2.24) is 5.32 Å². The fourth-order valence-electron chi connectivity index (χ4n) is 4.29. The van der Waals surface area contributed by atoms with Crippen LogP contribution in [-0.2, 0) is 4.79 Å². The number of nitrogens with one attached hydrogen (secondary N) is 1. The highest BCUT2D eigenvalue weighted by Gasteiger charge is 2.60. The van der Waals surface area contributed by atoms with Crippen molar-refractivity contribution in [2.75, 3.05) is 34.2 Å². The summed E-state index contributed by atoms with van der Waals surface area (Å²) >= 11 is 0. The summed E-state index contributed by atoms with van der Waals surface area (Å²) < 4.78 is 0.956. The molecule has 3 nitrogen and oxygen atoms in total. The van der Waals surface area contributed by atoms with Gasteiger partial charge < -0.3 is 9.80 Å². The molecule has 2 unspecified atom stereocenters. The Labute approximate surface area is 151 Å². The second-order valence-corrected chi connectivity index (χ2v) is 9.81. The van der Waals surface area contributed by atoms with E-state index < -0.39 is 0 Å². The Bertz CT molecular complexity index is 418. The minimum Gasteiger partial charge on any atom is -0.355 e. The first kappa shape index (κ1) is 21.5. The number of nitrogens with zero attached hydrogens (tertiary/aromatic N) is 1. The number of carbonyl (C=O) groups is 1. The molecule has 0 bridgehead atoms. The number of hydrogen-bond donors (Lipinski definition) is 1. The van der Waals surface area contributed by atoms with E-state index >= 15 is 0 Å². The van der Waals surface area contributed by atoms with Gasteiger partial charge in [0.2, 0.25) is 5.91 Å². The van der Waals surface area contributed by atoms with Gasteiger partial charge in [0.1, 0.15) is 0 Å². The molecule has 3 heteroatoms. The van der Waals surface area contributed by atoms with Crippen LogP contribution in [0.25, 0.3) is 0 Å². The molecule has 0 spiro atoms. The normalized spacial score (nSPS) is 27.7. The molecule has 0 aromatic heterocycles. The zero-order chi connectivity index (χ0) is 18.6. The molecule has 1 fully saturated rings. The smallest absolute Gasteiger partial charge is 0.226 e. The second-order valence-electron chi connectivity index (χ2n) is 9.81. The summed E-state index contributed by atoms with van der Waals surface area (Å²) in [7, 11) is 6.62. The summed E-state index contributed by atoms with van der Waals surface area (Å²) in [6, 6.07) is 0. The van der Waals surface area contributed by atoms with Crippen molar-refractivity contribution >= 4 is 5.91 Å². The molecule has 1 amide bonds. The van der Waals surface area contributed by atoms with Crippen molar-refractivity contribution in [3.63, 3.8) is 0 Å². The van der Waals surface area contributed by atoms with Gasteiger partial charge in [-0.3, -0.25) is 4.79 Å². The number of rotatable bonds is 10. The monoisotopic (exact) mass is 339 g/mol. The first-order valence-corrected chi connectivity index (χ1v) is 10.1. The number of amides is 1. The lowest BCUT2D eigenvalue weighted by Crippen LogP contribution is -2.60. The molecule has 1 rings (SSSR count). The molecule has 1 N–H and O–H groups in total. The lowest BCUT2D eigenvalue weighted by Gasteiger charge is -2.59. The highest BCUT2D eigenvalue weighted by molar-refractivity contribution is 5.84. The summed E-state index contributed by atoms with van der Waals surface area (Å²) in [5, 5.41) is 3.31. The topological polar surface area (TPSA) is 29.1 Å². The van der Waals surface area contributed by atoms with Crippen LogP contribution < -0.4 is 5.32 Å². The van der Waals surface area contributed by atoms with Crippen molar-refractivity contribution in [1.29, 1.82) is 0 Å². The van der Waals surface area contributed by atoms with Gasteiger partial charge >= 0.3 is 0 Å². The minimum atomic E-state index is -0.154. The molecule has 0 aromatic carbocycles. The SMILES string of the molecule is CCC(C)(CC)CC1(C(=O)NCCC[N+](C)(C)C)CCC1(C)CC. The maximum Gasteiger partial charge on any atom is 0.226 e. The van der Waals surface area contributed by atoms with Crippen molar-refractivity contribution in [3.05, 3.63) is 0 Å². The van der Waals surface area contributed by atoms with E-state index in [-0.39, 0.29) is 16.2 Å². The van der Waals surface area contributed by atoms with Crippen molar-refractivity contribution < 1.29 is 9.28 Å². The molecule has 0 aromatic rings. The van der Waals surface area contributed by atoms with Crippen LogP contribution >= 0.6 is 0 Å². The molecular formula is C21H43N2O+. The standard InChI is InChI=1S/C21H42N2O/c1-9-19(4,10-2)17-21(14-13-20(21,5)11-3)18(24)22-15-12-16-23(6,7)8/h9-17H2,1-8H3/p+1. The molecule has 1 aliphatic carbocycles. The Balaban J connectivity index is 2.82.